The van der Waals surface area contributed by atoms with Gasteiger partial charge in [0.15, 0.2) is 11.6 Å². The summed E-state index contributed by atoms with van der Waals surface area (Å²) in [6.07, 6.45) is 8.39. The van der Waals surface area contributed by atoms with E-state index in [4.69, 9.17) is 14.2 Å². The largest absolute Gasteiger partial charge is 0.387 e. The van der Waals surface area contributed by atoms with Gasteiger partial charge in [0.2, 0.25) is 0 Å². The van der Waals surface area contributed by atoms with Crippen LogP contribution >= 0.6 is 0 Å². The van der Waals surface area contributed by atoms with Gasteiger partial charge in [-0.05, 0) is 81.1 Å². The zero-order valence-electron chi connectivity index (χ0n) is 20.0. The van der Waals surface area contributed by atoms with Crippen molar-refractivity contribution in [3.05, 3.63) is 47.0 Å². The van der Waals surface area contributed by atoms with Crippen LogP contribution in [0.2, 0.25) is 0 Å². The molecule has 3 aliphatic heterocycles. The van der Waals surface area contributed by atoms with Crippen molar-refractivity contribution in [2.75, 3.05) is 6.61 Å². The quantitative estimate of drug-likeness (QED) is 0.685. The maximum atomic E-state index is 13.2. The Labute approximate surface area is 195 Å². The minimum absolute atomic E-state index is 0.0182. The molecule has 0 amide bonds. The number of hydrogen-bond acceptors (Lipinski definition) is 5. The molecular weight excluding hydrogens is 416 g/mol. The van der Waals surface area contributed by atoms with Gasteiger partial charge in [0.25, 0.3) is 0 Å². The molecule has 6 aliphatic rings. The standard InChI is InChI=1S/C28H34O5/c1-16(28-14-24(2,30)25(3,33-28)15-31-28)17-7-9-19-18(12-17)8-10-21-20(19)13-23-27(32-23)11-5-6-22(29)26(21,27)4/h5-7,9,12,16,20-21,23,30H,8,10-11,13-15H2,1-4H3. The van der Waals surface area contributed by atoms with E-state index < -0.39 is 22.4 Å². The number of ether oxygens (including phenoxy) is 3. The van der Waals surface area contributed by atoms with Gasteiger partial charge in [-0.1, -0.05) is 31.2 Å². The van der Waals surface area contributed by atoms with Crippen molar-refractivity contribution in [2.24, 2.45) is 11.3 Å². The van der Waals surface area contributed by atoms with Crippen LogP contribution in [0.5, 0.6) is 0 Å². The van der Waals surface area contributed by atoms with Gasteiger partial charge in [0.1, 0.15) is 11.2 Å². The molecule has 3 saturated heterocycles. The number of epoxide rings is 1. The topological polar surface area (TPSA) is 68.3 Å². The summed E-state index contributed by atoms with van der Waals surface area (Å²) in [5.41, 5.74) is 1.76. The van der Waals surface area contributed by atoms with E-state index in [1.165, 1.54) is 16.7 Å². The molecule has 4 fully saturated rings. The Kier molecular flexibility index (Phi) is 3.78. The molecule has 5 heteroatoms. The van der Waals surface area contributed by atoms with Gasteiger partial charge in [-0.25, -0.2) is 0 Å². The Morgan fingerprint density at radius 3 is 2.76 bits per heavy atom. The zero-order valence-corrected chi connectivity index (χ0v) is 20.0. The van der Waals surface area contributed by atoms with Crippen LogP contribution in [0.4, 0.5) is 0 Å². The van der Waals surface area contributed by atoms with Gasteiger partial charge >= 0.3 is 0 Å². The smallest absolute Gasteiger partial charge is 0.178 e. The van der Waals surface area contributed by atoms with Crippen LogP contribution in [0, 0.1) is 11.3 Å². The van der Waals surface area contributed by atoms with Gasteiger partial charge in [-0.3, -0.25) is 4.79 Å². The molecule has 3 aliphatic carbocycles. The lowest BCUT2D eigenvalue weighted by molar-refractivity contribution is -0.167. The summed E-state index contributed by atoms with van der Waals surface area (Å²) >= 11 is 0. The summed E-state index contributed by atoms with van der Waals surface area (Å²) in [5, 5.41) is 10.9. The SMILES string of the molecule is CC(c1ccc2c(c1)CCC1C2CC2OC23CC=CC(=O)C13C)C12CC(C)(O)C(C)(CO1)O2. The minimum Gasteiger partial charge on any atom is -0.387 e. The van der Waals surface area contributed by atoms with Gasteiger partial charge in [0.05, 0.1) is 23.7 Å². The Balaban J connectivity index is 1.22. The van der Waals surface area contributed by atoms with Crippen molar-refractivity contribution in [1.29, 1.82) is 0 Å². The van der Waals surface area contributed by atoms with Crippen LogP contribution in [0.3, 0.4) is 0 Å². The number of aliphatic hydroxyl groups is 1. The highest BCUT2D eigenvalue weighted by molar-refractivity contribution is 5.98. The molecule has 1 aromatic rings. The first-order valence-electron chi connectivity index (χ1n) is 12.6. The predicted molar refractivity (Wildman–Crippen MR) is 122 cm³/mol. The summed E-state index contributed by atoms with van der Waals surface area (Å²) in [6.45, 7) is 8.56. The summed E-state index contributed by atoms with van der Waals surface area (Å²) in [6, 6.07) is 6.84. The number of hydrogen-bond donors (Lipinski definition) is 1. The fourth-order valence-corrected chi connectivity index (χ4v) is 8.28. The molecule has 5 nitrogen and oxygen atoms in total. The molecule has 3 heterocycles. The highest BCUT2D eigenvalue weighted by Gasteiger charge is 2.75. The lowest BCUT2D eigenvalue weighted by Gasteiger charge is -2.51. The van der Waals surface area contributed by atoms with E-state index in [1.807, 2.05) is 19.9 Å². The second-order valence-electron chi connectivity index (χ2n) is 12.2. The molecule has 1 aromatic carbocycles. The van der Waals surface area contributed by atoms with Gasteiger partial charge in [-0.2, -0.15) is 0 Å². The summed E-state index contributed by atoms with van der Waals surface area (Å²) in [4.78, 5) is 13.2. The van der Waals surface area contributed by atoms with Gasteiger partial charge in [0, 0.05) is 12.3 Å². The van der Waals surface area contributed by atoms with Crippen molar-refractivity contribution >= 4 is 5.78 Å². The average Bonchev–Trinajstić information content (AvgIpc) is 3.30. The first-order chi connectivity index (χ1) is 15.6. The number of ketones is 1. The van der Waals surface area contributed by atoms with Crippen LogP contribution in [0.15, 0.2) is 30.4 Å². The molecule has 33 heavy (non-hydrogen) atoms. The number of carbonyl (C=O) groups is 1. The third kappa shape index (κ3) is 2.31. The van der Waals surface area contributed by atoms with Crippen LogP contribution in [0.25, 0.3) is 0 Å². The second-order valence-corrected chi connectivity index (χ2v) is 12.2. The maximum Gasteiger partial charge on any atom is 0.178 e. The summed E-state index contributed by atoms with van der Waals surface area (Å²) < 4.78 is 18.9. The fraction of sp³-hybridized carbons (Fsp3) is 0.679. The maximum absolute atomic E-state index is 13.2. The first kappa shape index (κ1) is 20.8. The molecule has 176 valence electrons. The Hall–Kier alpha value is -1.53. The fourth-order valence-electron chi connectivity index (χ4n) is 8.28. The molecule has 1 N–H and O–H groups in total. The van der Waals surface area contributed by atoms with Crippen molar-refractivity contribution in [1.82, 2.24) is 0 Å². The van der Waals surface area contributed by atoms with E-state index in [2.05, 4.69) is 32.0 Å². The lowest BCUT2D eigenvalue weighted by Crippen LogP contribution is -2.56. The zero-order chi connectivity index (χ0) is 23.0. The number of aryl methyl sites for hydroxylation is 1. The molecule has 0 aromatic heterocycles. The number of benzene rings is 1. The summed E-state index contributed by atoms with van der Waals surface area (Å²) in [7, 11) is 0. The van der Waals surface area contributed by atoms with E-state index >= 15 is 0 Å². The number of rotatable bonds is 2. The number of fused-ring (bicyclic) bond motifs is 6. The third-order valence-corrected chi connectivity index (χ3v) is 10.8. The Morgan fingerprint density at radius 1 is 1.21 bits per heavy atom. The van der Waals surface area contributed by atoms with E-state index in [-0.39, 0.29) is 23.4 Å². The monoisotopic (exact) mass is 450 g/mol. The van der Waals surface area contributed by atoms with Crippen molar-refractivity contribution in [2.45, 2.75) is 100 Å². The van der Waals surface area contributed by atoms with Gasteiger partial charge in [-0.15, -0.1) is 0 Å². The molecule has 7 rings (SSSR count). The lowest BCUT2D eigenvalue weighted by atomic mass is 9.49. The van der Waals surface area contributed by atoms with Crippen LogP contribution in [-0.2, 0) is 25.4 Å². The Bertz CT molecular complexity index is 1100. The molecule has 1 saturated carbocycles. The number of carbonyl (C=O) groups excluding carboxylic acids is 1. The molecular formula is C28H34O5. The molecule has 9 atom stereocenters. The van der Waals surface area contributed by atoms with Gasteiger partial charge < -0.3 is 19.3 Å². The highest BCUT2D eigenvalue weighted by atomic mass is 16.8. The Morgan fingerprint density at radius 2 is 2.03 bits per heavy atom. The second kappa shape index (κ2) is 5.99. The molecule has 9 unspecified atom stereocenters. The van der Waals surface area contributed by atoms with Crippen molar-refractivity contribution in [3.8, 4) is 0 Å². The van der Waals surface area contributed by atoms with Crippen LogP contribution in [0.1, 0.15) is 81.9 Å². The van der Waals surface area contributed by atoms with Crippen LogP contribution in [-0.4, -0.2) is 46.2 Å². The third-order valence-electron chi connectivity index (χ3n) is 10.8. The van der Waals surface area contributed by atoms with E-state index in [0.29, 0.717) is 24.9 Å². The van der Waals surface area contributed by atoms with E-state index in [9.17, 15) is 9.90 Å². The molecule has 1 spiro atoms. The highest BCUT2D eigenvalue weighted by Crippen LogP contribution is 2.69. The van der Waals surface area contributed by atoms with Crippen molar-refractivity contribution < 1.29 is 24.1 Å². The van der Waals surface area contributed by atoms with E-state index in [0.717, 1.165) is 25.7 Å². The summed E-state index contributed by atoms with van der Waals surface area (Å²) in [5.74, 6) is 0.196. The van der Waals surface area contributed by atoms with E-state index in [1.54, 1.807) is 6.08 Å². The minimum atomic E-state index is -0.893. The normalized spacial score (nSPS) is 52.0. The molecule has 0 radical (unpaired) electrons. The number of allylic oxidation sites excluding steroid dienone is 1. The van der Waals surface area contributed by atoms with Crippen LogP contribution < -0.4 is 0 Å². The van der Waals surface area contributed by atoms with Crippen molar-refractivity contribution in [3.63, 3.8) is 0 Å². The predicted octanol–water partition coefficient (Wildman–Crippen LogP) is 4.17. The first-order valence-corrected chi connectivity index (χ1v) is 12.6. The average molecular weight is 451 g/mol. The molecule has 2 bridgehead atoms.